The third kappa shape index (κ3) is 14.5. The van der Waals surface area contributed by atoms with Crippen molar-refractivity contribution in [2.45, 2.75) is 83.1 Å². The molecule has 0 saturated heterocycles. The van der Waals surface area contributed by atoms with Crippen molar-refractivity contribution in [1.29, 1.82) is 0 Å². The lowest BCUT2D eigenvalue weighted by atomic mass is 10.0. The lowest BCUT2D eigenvalue weighted by molar-refractivity contribution is -0.143. The van der Waals surface area contributed by atoms with E-state index in [0.29, 0.717) is 49.7 Å². The highest BCUT2D eigenvalue weighted by Crippen LogP contribution is 2.14. The van der Waals surface area contributed by atoms with E-state index in [1.54, 1.807) is 32.9 Å². The maximum Gasteiger partial charge on any atom is 0.312 e. The number of carbonyl (C=O) groups excluding carboxylic acids is 5. The Balaban J connectivity index is 2.74. The third-order valence-electron chi connectivity index (χ3n) is 5.83. The number of esters is 1. The number of hydrogen-bond acceptors (Lipinski definition) is 6. The third-order valence-corrected chi connectivity index (χ3v) is 6.48. The van der Waals surface area contributed by atoms with Crippen LogP contribution in [0.3, 0.4) is 0 Å². The first kappa shape index (κ1) is 33.9. The molecular formula is C27H42BrN5O6. The molecule has 11 nitrogen and oxygen atoms in total. The SMILES string of the molecule is CCOC(=O)CCCCCC(=O)NC(C(=O)NC(CCCNC(N)=O)C(=O)Nc1ccc(CBr)cc1)C(C)C. The molecule has 0 aliphatic rings. The van der Waals surface area contributed by atoms with Gasteiger partial charge >= 0.3 is 12.0 Å². The van der Waals surface area contributed by atoms with E-state index in [1.807, 2.05) is 12.1 Å². The highest BCUT2D eigenvalue weighted by molar-refractivity contribution is 9.08. The molecule has 1 aromatic rings. The van der Waals surface area contributed by atoms with Gasteiger partial charge in [-0.1, -0.05) is 48.3 Å². The lowest BCUT2D eigenvalue weighted by Gasteiger charge is -2.25. The Hall–Kier alpha value is -3.15. The van der Waals surface area contributed by atoms with Crippen molar-refractivity contribution in [2.75, 3.05) is 18.5 Å². The number of hydrogen-bond donors (Lipinski definition) is 5. The molecule has 1 rings (SSSR count). The number of primary amides is 1. The number of amides is 5. The van der Waals surface area contributed by atoms with E-state index in [2.05, 4.69) is 37.2 Å². The molecular weight excluding hydrogens is 570 g/mol. The molecule has 2 atom stereocenters. The Kier molecular flexibility index (Phi) is 16.5. The fourth-order valence-corrected chi connectivity index (χ4v) is 4.07. The molecule has 1 aromatic carbocycles. The Morgan fingerprint density at radius 3 is 2.18 bits per heavy atom. The van der Waals surface area contributed by atoms with Crippen LogP contribution in [0.15, 0.2) is 24.3 Å². The fraction of sp³-hybridized carbons (Fsp3) is 0.593. The molecule has 5 amide bonds. The van der Waals surface area contributed by atoms with E-state index < -0.39 is 29.9 Å². The summed E-state index contributed by atoms with van der Waals surface area (Å²) in [5, 5.41) is 11.5. The minimum Gasteiger partial charge on any atom is -0.466 e. The van der Waals surface area contributed by atoms with E-state index >= 15 is 0 Å². The highest BCUT2D eigenvalue weighted by Gasteiger charge is 2.28. The van der Waals surface area contributed by atoms with E-state index in [4.69, 9.17) is 10.5 Å². The van der Waals surface area contributed by atoms with Crippen LogP contribution in [0.1, 0.15) is 71.3 Å². The minimum atomic E-state index is -0.899. The fourth-order valence-electron chi connectivity index (χ4n) is 3.70. The Morgan fingerprint density at radius 1 is 0.923 bits per heavy atom. The molecule has 0 radical (unpaired) electrons. The summed E-state index contributed by atoms with van der Waals surface area (Å²) >= 11 is 3.38. The number of benzene rings is 1. The van der Waals surface area contributed by atoms with E-state index in [0.717, 1.165) is 5.56 Å². The molecule has 6 N–H and O–H groups in total. The smallest absolute Gasteiger partial charge is 0.312 e. The number of anilines is 1. The van der Waals surface area contributed by atoms with Gasteiger partial charge in [0.15, 0.2) is 0 Å². The summed E-state index contributed by atoms with van der Waals surface area (Å²) in [5.74, 6) is -1.64. The topological polar surface area (TPSA) is 169 Å². The molecule has 0 bridgehead atoms. The monoisotopic (exact) mass is 611 g/mol. The molecule has 2 unspecified atom stereocenters. The largest absolute Gasteiger partial charge is 0.466 e. The van der Waals surface area contributed by atoms with Crippen LogP contribution in [-0.4, -0.2) is 55.0 Å². The van der Waals surface area contributed by atoms with Gasteiger partial charge in [-0.05, 0) is 56.2 Å². The molecule has 0 fully saturated rings. The lowest BCUT2D eigenvalue weighted by Crippen LogP contribution is -2.54. The molecule has 39 heavy (non-hydrogen) atoms. The van der Waals surface area contributed by atoms with E-state index in [-0.39, 0.29) is 37.2 Å². The average molecular weight is 613 g/mol. The summed E-state index contributed by atoms with van der Waals surface area (Å²) in [6.45, 7) is 5.96. The summed E-state index contributed by atoms with van der Waals surface area (Å²) in [6.07, 6.45) is 3.05. The summed E-state index contributed by atoms with van der Waals surface area (Å²) < 4.78 is 4.89. The number of carbonyl (C=O) groups is 5. The van der Waals surface area contributed by atoms with Crippen molar-refractivity contribution in [1.82, 2.24) is 16.0 Å². The van der Waals surface area contributed by atoms with Crippen LogP contribution in [0, 0.1) is 5.92 Å². The zero-order valence-electron chi connectivity index (χ0n) is 23.0. The average Bonchev–Trinajstić information content (AvgIpc) is 2.88. The maximum absolute atomic E-state index is 13.2. The number of alkyl halides is 1. The number of rotatable bonds is 18. The Labute approximate surface area is 238 Å². The standard InChI is InChI=1S/C27H42BrN5O6/c1-4-39-23(35)11-7-5-6-10-22(34)33-24(18(2)3)26(37)32-21(9-8-16-30-27(29)38)25(36)31-20-14-12-19(17-28)13-15-20/h12-15,18,21,24H,4-11,16-17H2,1-3H3,(H,31,36)(H,32,37)(H,33,34)(H3,29,30,38). The number of nitrogens with two attached hydrogens (primary N) is 1. The first-order valence-electron chi connectivity index (χ1n) is 13.3. The van der Waals surface area contributed by atoms with E-state index in [1.165, 1.54) is 0 Å². The van der Waals surface area contributed by atoms with Gasteiger partial charge < -0.3 is 31.7 Å². The van der Waals surface area contributed by atoms with Gasteiger partial charge in [0.05, 0.1) is 6.61 Å². The molecule has 0 aromatic heterocycles. The van der Waals surface area contributed by atoms with Crippen LogP contribution in [0.2, 0.25) is 0 Å². The number of nitrogens with one attached hydrogen (secondary N) is 4. The second kappa shape index (κ2) is 19.0. The van der Waals surface area contributed by atoms with Crippen LogP contribution in [0.4, 0.5) is 10.5 Å². The van der Waals surface area contributed by atoms with Crippen LogP contribution in [0.5, 0.6) is 0 Å². The summed E-state index contributed by atoms with van der Waals surface area (Å²) in [4.78, 5) is 61.2. The molecule has 0 aliphatic heterocycles. The van der Waals surface area contributed by atoms with Crippen LogP contribution in [0.25, 0.3) is 0 Å². The normalized spacial score (nSPS) is 12.2. The predicted molar refractivity (Wildman–Crippen MR) is 153 cm³/mol. The van der Waals surface area contributed by atoms with Crippen molar-refractivity contribution < 1.29 is 28.7 Å². The summed E-state index contributed by atoms with van der Waals surface area (Å²) in [6, 6.07) is 4.87. The number of halogens is 1. The van der Waals surface area contributed by atoms with Gasteiger partial charge in [-0.15, -0.1) is 0 Å². The molecule has 0 saturated carbocycles. The summed E-state index contributed by atoms with van der Waals surface area (Å²) in [5.41, 5.74) is 6.73. The van der Waals surface area contributed by atoms with Gasteiger partial charge in [0.2, 0.25) is 17.7 Å². The molecule has 0 aliphatic carbocycles. The molecule has 0 heterocycles. The first-order chi connectivity index (χ1) is 18.6. The van der Waals surface area contributed by atoms with Gasteiger partial charge in [0, 0.05) is 30.4 Å². The number of urea groups is 1. The van der Waals surface area contributed by atoms with Gasteiger partial charge in [0.1, 0.15) is 12.1 Å². The number of unbranched alkanes of at least 4 members (excludes halogenated alkanes) is 2. The second-order valence-electron chi connectivity index (χ2n) is 9.47. The maximum atomic E-state index is 13.2. The zero-order chi connectivity index (χ0) is 29.2. The van der Waals surface area contributed by atoms with Gasteiger partial charge in [0.25, 0.3) is 0 Å². The zero-order valence-corrected chi connectivity index (χ0v) is 24.6. The minimum absolute atomic E-state index is 0.215. The highest BCUT2D eigenvalue weighted by atomic mass is 79.9. The van der Waals surface area contributed by atoms with Crippen molar-refractivity contribution in [3.8, 4) is 0 Å². The van der Waals surface area contributed by atoms with Crippen LogP contribution in [-0.2, 0) is 29.2 Å². The molecule has 12 heteroatoms. The van der Waals surface area contributed by atoms with Crippen LogP contribution < -0.4 is 27.0 Å². The van der Waals surface area contributed by atoms with Gasteiger partial charge in [-0.25, -0.2) is 4.79 Å². The Bertz CT molecular complexity index is 941. The predicted octanol–water partition coefficient (Wildman–Crippen LogP) is 3.11. The van der Waals surface area contributed by atoms with Gasteiger partial charge in [-0.2, -0.15) is 0 Å². The van der Waals surface area contributed by atoms with E-state index in [9.17, 15) is 24.0 Å². The Morgan fingerprint density at radius 2 is 1.59 bits per heavy atom. The molecule has 218 valence electrons. The summed E-state index contributed by atoms with van der Waals surface area (Å²) in [7, 11) is 0. The van der Waals surface area contributed by atoms with Crippen molar-refractivity contribution >= 4 is 51.3 Å². The second-order valence-corrected chi connectivity index (χ2v) is 10.0. The molecule has 0 spiro atoms. The first-order valence-corrected chi connectivity index (χ1v) is 14.4. The van der Waals surface area contributed by atoms with Crippen LogP contribution >= 0.6 is 15.9 Å². The quantitative estimate of drug-likeness (QED) is 0.0970. The van der Waals surface area contributed by atoms with Gasteiger partial charge in [-0.3, -0.25) is 19.2 Å². The van der Waals surface area contributed by atoms with Crippen molar-refractivity contribution in [3.63, 3.8) is 0 Å². The van der Waals surface area contributed by atoms with Crippen molar-refractivity contribution in [2.24, 2.45) is 11.7 Å². The van der Waals surface area contributed by atoms with Crippen molar-refractivity contribution in [3.05, 3.63) is 29.8 Å². The number of ether oxygens (including phenoxy) is 1.